The van der Waals surface area contributed by atoms with Gasteiger partial charge >= 0.3 is 0 Å². The van der Waals surface area contributed by atoms with Crippen molar-refractivity contribution in [3.8, 4) is 0 Å². The topological polar surface area (TPSA) is 91.9 Å². The van der Waals surface area contributed by atoms with Gasteiger partial charge in [-0.15, -0.1) is 0 Å². The lowest BCUT2D eigenvalue weighted by molar-refractivity contribution is 0.0976. The largest absolute Gasteiger partial charge is 0.285 e. The molecule has 0 atom stereocenters. The second-order valence-corrected chi connectivity index (χ2v) is 6.45. The Morgan fingerprint density at radius 3 is 2.89 bits per heavy atom. The van der Waals surface area contributed by atoms with E-state index in [0.717, 1.165) is 31.4 Å². The third kappa shape index (κ3) is 3.56. The van der Waals surface area contributed by atoms with Crippen LogP contribution >= 0.6 is 0 Å². The minimum Gasteiger partial charge on any atom is -0.282 e. The molecule has 1 fully saturated rings. The highest BCUT2D eigenvalue weighted by Crippen LogP contribution is 2.29. The fourth-order valence-electron chi connectivity index (χ4n) is 1.71. The number of amides is 1. The maximum absolute atomic E-state index is 11.7. The molecule has 1 aromatic heterocycles. The summed E-state index contributed by atoms with van der Waals surface area (Å²) in [5.41, 5.74) is 0.958. The van der Waals surface area contributed by atoms with Gasteiger partial charge in [-0.25, -0.2) is 13.1 Å². The van der Waals surface area contributed by atoms with Crippen molar-refractivity contribution in [2.75, 3.05) is 5.75 Å². The first kappa shape index (κ1) is 13.1. The number of sulfonamides is 1. The van der Waals surface area contributed by atoms with E-state index >= 15 is 0 Å². The molecule has 1 aliphatic carbocycles. The number of carbonyl (C=O) groups excluding carboxylic acids is 1. The van der Waals surface area contributed by atoms with Crippen LogP contribution in [-0.2, 0) is 16.4 Å². The van der Waals surface area contributed by atoms with Crippen LogP contribution in [0.3, 0.4) is 0 Å². The SMILES string of the molecule is CCCc1cc(C(=O)NS(=O)(=O)CC2CC2)n[nH]1. The van der Waals surface area contributed by atoms with E-state index in [-0.39, 0.29) is 17.4 Å². The van der Waals surface area contributed by atoms with Crippen molar-refractivity contribution >= 4 is 15.9 Å². The van der Waals surface area contributed by atoms with Gasteiger partial charge in [-0.3, -0.25) is 9.89 Å². The number of hydrogen-bond acceptors (Lipinski definition) is 4. The Labute approximate surface area is 106 Å². The van der Waals surface area contributed by atoms with Gasteiger partial charge < -0.3 is 0 Å². The van der Waals surface area contributed by atoms with E-state index < -0.39 is 15.9 Å². The van der Waals surface area contributed by atoms with Crippen molar-refractivity contribution in [2.45, 2.75) is 32.6 Å². The van der Waals surface area contributed by atoms with Crippen LogP contribution in [0.4, 0.5) is 0 Å². The van der Waals surface area contributed by atoms with Gasteiger partial charge in [0.1, 0.15) is 0 Å². The van der Waals surface area contributed by atoms with E-state index in [1.165, 1.54) is 0 Å². The molecule has 1 aromatic rings. The maximum atomic E-state index is 11.7. The zero-order valence-corrected chi connectivity index (χ0v) is 11.1. The number of carbonyl (C=O) groups is 1. The second-order valence-electron chi connectivity index (χ2n) is 4.68. The lowest BCUT2D eigenvalue weighted by Gasteiger charge is -2.03. The minimum absolute atomic E-state index is 0.0327. The molecule has 1 aliphatic rings. The first-order valence-corrected chi connectivity index (χ1v) is 7.74. The number of rotatable bonds is 6. The zero-order chi connectivity index (χ0) is 13.2. The van der Waals surface area contributed by atoms with Crippen molar-refractivity contribution in [1.82, 2.24) is 14.9 Å². The predicted molar refractivity (Wildman–Crippen MR) is 66.6 cm³/mol. The number of nitrogens with zero attached hydrogens (tertiary/aromatic N) is 1. The number of hydrogen-bond donors (Lipinski definition) is 2. The maximum Gasteiger partial charge on any atom is 0.285 e. The fourth-order valence-corrected chi connectivity index (χ4v) is 3.13. The Kier molecular flexibility index (Phi) is 3.70. The normalized spacial score (nSPS) is 15.6. The Morgan fingerprint density at radius 2 is 2.28 bits per heavy atom. The molecular weight excluding hydrogens is 254 g/mol. The van der Waals surface area contributed by atoms with E-state index in [1.54, 1.807) is 6.07 Å². The van der Waals surface area contributed by atoms with Crippen LogP contribution in [0.2, 0.25) is 0 Å². The van der Waals surface area contributed by atoms with Crippen LogP contribution in [0.15, 0.2) is 6.07 Å². The summed E-state index contributed by atoms with van der Waals surface area (Å²) < 4.78 is 25.3. The highest BCUT2D eigenvalue weighted by atomic mass is 32.2. The molecule has 7 heteroatoms. The summed E-state index contributed by atoms with van der Waals surface area (Å²) in [6, 6.07) is 1.59. The predicted octanol–water partition coefficient (Wildman–Crippen LogP) is 0.832. The summed E-state index contributed by atoms with van der Waals surface area (Å²) in [6.07, 6.45) is 3.58. The molecule has 1 heterocycles. The monoisotopic (exact) mass is 271 g/mol. The van der Waals surface area contributed by atoms with E-state index in [1.807, 2.05) is 6.92 Å². The molecule has 0 spiro atoms. The molecular formula is C11H17N3O3S. The van der Waals surface area contributed by atoms with Gasteiger partial charge in [0.05, 0.1) is 5.75 Å². The molecule has 0 bridgehead atoms. The Morgan fingerprint density at radius 1 is 1.56 bits per heavy atom. The Bertz CT molecular complexity index is 531. The van der Waals surface area contributed by atoms with Crippen LogP contribution in [0, 0.1) is 5.92 Å². The van der Waals surface area contributed by atoms with Gasteiger partial charge in [0.15, 0.2) is 5.69 Å². The highest BCUT2D eigenvalue weighted by Gasteiger charge is 2.29. The fraction of sp³-hybridized carbons (Fsp3) is 0.636. The third-order valence-corrected chi connectivity index (χ3v) is 4.19. The summed E-state index contributed by atoms with van der Waals surface area (Å²) in [6.45, 7) is 2.01. The van der Waals surface area contributed by atoms with Gasteiger partial charge in [0, 0.05) is 5.69 Å². The third-order valence-electron chi connectivity index (χ3n) is 2.78. The number of nitrogens with one attached hydrogen (secondary N) is 2. The van der Waals surface area contributed by atoms with Crippen LogP contribution < -0.4 is 4.72 Å². The summed E-state index contributed by atoms with van der Waals surface area (Å²) in [5.74, 6) is -0.412. The second kappa shape index (κ2) is 5.09. The van der Waals surface area contributed by atoms with Crippen LogP contribution in [0.1, 0.15) is 42.4 Å². The smallest absolute Gasteiger partial charge is 0.282 e. The van der Waals surface area contributed by atoms with Crippen molar-refractivity contribution in [3.05, 3.63) is 17.5 Å². The summed E-state index contributed by atoms with van der Waals surface area (Å²) in [5, 5.41) is 6.53. The molecule has 0 saturated heterocycles. The van der Waals surface area contributed by atoms with Gasteiger partial charge in [-0.05, 0) is 31.2 Å². The summed E-state index contributed by atoms with van der Waals surface area (Å²) in [7, 11) is -3.52. The molecule has 0 aromatic carbocycles. The summed E-state index contributed by atoms with van der Waals surface area (Å²) >= 11 is 0. The van der Waals surface area contributed by atoms with Crippen LogP contribution in [0.5, 0.6) is 0 Å². The average Bonchev–Trinajstić information content (AvgIpc) is 2.94. The minimum atomic E-state index is -3.52. The lowest BCUT2D eigenvalue weighted by Crippen LogP contribution is -2.33. The lowest BCUT2D eigenvalue weighted by atomic mass is 10.2. The van der Waals surface area contributed by atoms with E-state index in [2.05, 4.69) is 14.9 Å². The van der Waals surface area contributed by atoms with Crippen molar-refractivity contribution in [1.29, 1.82) is 0 Å². The van der Waals surface area contributed by atoms with Crippen molar-refractivity contribution < 1.29 is 13.2 Å². The molecule has 100 valence electrons. The van der Waals surface area contributed by atoms with Crippen molar-refractivity contribution in [3.63, 3.8) is 0 Å². The highest BCUT2D eigenvalue weighted by molar-refractivity contribution is 7.90. The van der Waals surface area contributed by atoms with Gasteiger partial charge in [0.2, 0.25) is 10.0 Å². The standard InChI is InChI=1S/C11H17N3O3S/c1-2-3-9-6-10(13-12-9)11(15)14-18(16,17)7-8-4-5-8/h6,8H,2-5,7H2,1H3,(H,12,13)(H,14,15). The number of aryl methyl sites for hydroxylation is 1. The number of aromatic amines is 1. The molecule has 2 N–H and O–H groups in total. The molecule has 2 rings (SSSR count). The molecule has 6 nitrogen and oxygen atoms in total. The van der Waals surface area contributed by atoms with Crippen LogP contribution in [-0.4, -0.2) is 30.3 Å². The average molecular weight is 271 g/mol. The molecule has 0 aliphatic heterocycles. The molecule has 1 saturated carbocycles. The van der Waals surface area contributed by atoms with Gasteiger partial charge in [0.25, 0.3) is 5.91 Å². The van der Waals surface area contributed by atoms with Gasteiger partial charge in [-0.1, -0.05) is 13.3 Å². The Balaban J connectivity index is 1.97. The van der Waals surface area contributed by atoms with Crippen LogP contribution in [0.25, 0.3) is 0 Å². The van der Waals surface area contributed by atoms with E-state index in [0.29, 0.717) is 0 Å². The zero-order valence-electron chi connectivity index (χ0n) is 10.3. The molecule has 0 unspecified atom stereocenters. The van der Waals surface area contributed by atoms with E-state index in [9.17, 15) is 13.2 Å². The van der Waals surface area contributed by atoms with E-state index in [4.69, 9.17) is 0 Å². The Hall–Kier alpha value is -1.37. The number of aromatic nitrogens is 2. The molecule has 18 heavy (non-hydrogen) atoms. The summed E-state index contributed by atoms with van der Waals surface area (Å²) in [4.78, 5) is 11.7. The quantitative estimate of drug-likeness (QED) is 0.801. The van der Waals surface area contributed by atoms with Crippen molar-refractivity contribution in [2.24, 2.45) is 5.92 Å². The van der Waals surface area contributed by atoms with Gasteiger partial charge in [-0.2, -0.15) is 5.10 Å². The number of H-pyrrole nitrogens is 1. The molecule has 1 amide bonds. The first-order valence-electron chi connectivity index (χ1n) is 6.09. The first-order chi connectivity index (χ1) is 8.50. The molecule has 0 radical (unpaired) electrons.